The van der Waals surface area contributed by atoms with Crippen LogP contribution in [0.2, 0.25) is 0 Å². The summed E-state index contributed by atoms with van der Waals surface area (Å²) in [5.74, 6) is -0.249. The van der Waals surface area contributed by atoms with E-state index in [9.17, 15) is 9.18 Å². The highest BCUT2D eigenvalue weighted by molar-refractivity contribution is 8.00. The number of halogens is 1. The number of rotatable bonds is 6. The van der Waals surface area contributed by atoms with Crippen molar-refractivity contribution in [2.75, 3.05) is 6.54 Å². The van der Waals surface area contributed by atoms with Crippen LogP contribution in [0.5, 0.6) is 0 Å². The summed E-state index contributed by atoms with van der Waals surface area (Å²) in [6, 6.07) is 6.38. The smallest absolute Gasteiger partial charge is 0.233 e. The normalized spacial score (nSPS) is 13.7. The molecule has 1 aromatic rings. The minimum atomic E-state index is -0.243. The molecule has 2 atom stereocenters. The molecule has 4 heteroatoms. The molecule has 0 aromatic heterocycles. The molecule has 0 spiro atoms. The fourth-order valence-corrected chi connectivity index (χ4v) is 2.63. The zero-order valence-corrected chi connectivity index (χ0v) is 11.5. The number of carbonyl (C=O) groups excluding carboxylic acids is 1. The molecular formula is C14H18FNOS. The lowest BCUT2D eigenvalue weighted by Gasteiger charge is -2.17. The van der Waals surface area contributed by atoms with Crippen molar-refractivity contribution in [3.63, 3.8) is 0 Å². The SMILES string of the molecule is C=CCNC(=O)C(C)SC(C)c1ccc(F)cc1. The maximum Gasteiger partial charge on any atom is 0.233 e. The third kappa shape index (κ3) is 4.53. The van der Waals surface area contributed by atoms with Crippen molar-refractivity contribution in [2.45, 2.75) is 24.3 Å². The Bertz CT molecular complexity index is 405. The molecule has 0 aliphatic heterocycles. The number of hydrogen-bond donors (Lipinski definition) is 1. The Morgan fingerprint density at radius 3 is 2.61 bits per heavy atom. The molecule has 18 heavy (non-hydrogen) atoms. The summed E-state index contributed by atoms with van der Waals surface area (Å²) in [7, 11) is 0. The largest absolute Gasteiger partial charge is 0.352 e. The summed E-state index contributed by atoms with van der Waals surface area (Å²) in [6.07, 6.45) is 1.65. The van der Waals surface area contributed by atoms with Gasteiger partial charge in [0, 0.05) is 11.8 Å². The van der Waals surface area contributed by atoms with Crippen molar-refractivity contribution in [3.8, 4) is 0 Å². The van der Waals surface area contributed by atoms with E-state index >= 15 is 0 Å². The molecule has 0 fully saturated rings. The predicted molar refractivity (Wildman–Crippen MR) is 75.1 cm³/mol. The first-order valence-corrected chi connectivity index (χ1v) is 6.78. The summed E-state index contributed by atoms with van der Waals surface area (Å²) in [4.78, 5) is 11.7. The van der Waals surface area contributed by atoms with E-state index in [2.05, 4.69) is 11.9 Å². The van der Waals surface area contributed by atoms with E-state index in [1.54, 1.807) is 30.0 Å². The fourth-order valence-electron chi connectivity index (χ4n) is 1.50. The third-order valence-corrected chi connectivity index (χ3v) is 3.84. The molecule has 0 saturated heterocycles. The van der Waals surface area contributed by atoms with Crippen molar-refractivity contribution in [3.05, 3.63) is 48.3 Å². The van der Waals surface area contributed by atoms with Crippen LogP contribution in [-0.2, 0) is 4.79 Å². The Morgan fingerprint density at radius 1 is 1.44 bits per heavy atom. The molecular weight excluding hydrogens is 249 g/mol. The molecule has 0 aliphatic rings. The quantitative estimate of drug-likeness (QED) is 0.801. The Labute approximate surface area is 112 Å². The van der Waals surface area contributed by atoms with Gasteiger partial charge < -0.3 is 5.32 Å². The molecule has 1 aromatic carbocycles. The average Bonchev–Trinajstić information content (AvgIpc) is 2.36. The first kappa shape index (κ1) is 14.8. The molecule has 1 rings (SSSR count). The van der Waals surface area contributed by atoms with Gasteiger partial charge >= 0.3 is 0 Å². The highest BCUT2D eigenvalue weighted by Crippen LogP contribution is 2.31. The van der Waals surface area contributed by atoms with Crippen LogP contribution >= 0.6 is 11.8 Å². The zero-order chi connectivity index (χ0) is 13.5. The molecule has 0 heterocycles. The van der Waals surface area contributed by atoms with E-state index in [4.69, 9.17) is 0 Å². The molecule has 0 saturated carbocycles. The van der Waals surface area contributed by atoms with E-state index in [1.807, 2.05) is 13.8 Å². The number of thioether (sulfide) groups is 1. The summed E-state index contributed by atoms with van der Waals surface area (Å²) in [6.45, 7) is 7.91. The lowest BCUT2D eigenvalue weighted by atomic mass is 10.2. The van der Waals surface area contributed by atoms with Crippen LogP contribution in [-0.4, -0.2) is 17.7 Å². The van der Waals surface area contributed by atoms with Crippen LogP contribution in [0.15, 0.2) is 36.9 Å². The Morgan fingerprint density at radius 2 is 2.06 bits per heavy atom. The molecule has 1 amide bonds. The van der Waals surface area contributed by atoms with Gasteiger partial charge in [-0.2, -0.15) is 0 Å². The van der Waals surface area contributed by atoms with Gasteiger partial charge in [-0.05, 0) is 31.5 Å². The minimum absolute atomic E-state index is 0.00568. The fraction of sp³-hybridized carbons (Fsp3) is 0.357. The van der Waals surface area contributed by atoms with E-state index in [0.29, 0.717) is 6.54 Å². The van der Waals surface area contributed by atoms with Gasteiger partial charge in [-0.3, -0.25) is 4.79 Å². The first-order chi connectivity index (χ1) is 8.54. The molecule has 0 bridgehead atoms. The maximum absolute atomic E-state index is 12.8. The van der Waals surface area contributed by atoms with Crippen LogP contribution in [0.1, 0.15) is 24.7 Å². The molecule has 2 nitrogen and oxygen atoms in total. The molecule has 98 valence electrons. The van der Waals surface area contributed by atoms with Gasteiger partial charge in [0.05, 0.1) is 5.25 Å². The predicted octanol–water partition coefficient (Wildman–Crippen LogP) is 3.31. The van der Waals surface area contributed by atoms with E-state index < -0.39 is 0 Å². The van der Waals surface area contributed by atoms with Gasteiger partial charge in [0.1, 0.15) is 5.82 Å². The van der Waals surface area contributed by atoms with Gasteiger partial charge in [0.25, 0.3) is 0 Å². The number of amides is 1. The summed E-state index contributed by atoms with van der Waals surface area (Å²) in [5.41, 5.74) is 1.02. The second kappa shape index (κ2) is 7.21. The van der Waals surface area contributed by atoms with Crippen molar-refractivity contribution in [1.29, 1.82) is 0 Å². The number of hydrogen-bond acceptors (Lipinski definition) is 2. The standard InChI is InChI=1S/C14H18FNOS/c1-4-9-16-14(17)11(3)18-10(2)12-5-7-13(15)8-6-12/h4-8,10-11H,1,9H2,2-3H3,(H,16,17). The summed E-state index contributed by atoms with van der Waals surface area (Å²) < 4.78 is 12.8. The Hall–Kier alpha value is -1.29. The molecule has 0 aliphatic carbocycles. The van der Waals surface area contributed by atoms with Crippen LogP contribution in [0.25, 0.3) is 0 Å². The van der Waals surface area contributed by atoms with Gasteiger partial charge in [0.2, 0.25) is 5.91 Å². The summed E-state index contributed by atoms with van der Waals surface area (Å²) >= 11 is 1.55. The average molecular weight is 267 g/mol. The van der Waals surface area contributed by atoms with Crippen LogP contribution in [0.4, 0.5) is 4.39 Å². The lowest BCUT2D eigenvalue weighted by molar-refractivity contribution is -0.120. The first-order valence-electron chi connectivity index (χ1n) is 5.84. The van der Waals surface area contributed by atoms with Crippen molar-refractivity contribution >= 4 is 17.7 Å². The van der Waals surface area contributed by atoms with Gasteiger partial charge in [0.15, 0.2) is 0 Å². The van der Waals surface area contributed by atoms with Gasteiger partial charge in [-0.15, -0.1) is 18.3 Å². The Balaban J connectivity index is 2.53. The second-order valence-electron chi connectivity index (χ2n) is 4.01. The molecule has 1 N–H and O–H groups in total. The summed E-state index contributed by atoms with van der Waals surface area (Å²) in [5, 5.41) is 2.76. The van der Waals surface area contributed by atoms with Crippen molar-refractivity contribution in [1.82, 2.24) is 5.32 Å². The van der Waals surface area contributed by atoms with Crippen molar-refractivity contribution in [2.24, 2.45) is 0 Å². The number of benzene rings is 1. The minimum Gasteiger partial charge on any atom is -0.352 e. The van der Waals surface area contributed by atoms with Gasteiger partial charge in [-0.1, -0.05) is 18.2 Å². The topological polar surface area (TPSA) is 29.1 Å². The lowest BCUT2D eigenvalue weighted by Crippen LogP contribution is -2.31. The van der Waals surface area contributed by atoms with Crippen molar-refractivity contribution < 1.29 is 9.18 Å². The van der Waals surface area contributed by atoms with Crippen LogP contribution < -0.4 is 5.32 Å². The number of nitrogens with one attached hydrogen (secondary N) is 1. The molecule has 2 unspecified atom stereocenters. The van der Waals surface area contributed by atoms with E-state index in [-0.39, 0.29) is 22.2 Å². The van der Waals surface area contributed by atoms with E-state index in [0.717, 1.165) is 5.56 Å². The molecule has 0 radical (unpaired) electrons. The monoisotopic (exact) mass is 267 g/mol. The number of carbonyl (C=O) groups is 1. The van der Waals surface area contributed by atoms with Crippen LogP contribution in [0, 0.1) is 5.82 Å². The highest BCUT2D eigenvalue weighted by Gasteiger charge is 2.17. The second-order valence-corrected chi connectivity index (χ2v) is 5.69. The maximum atomic E-state index is 12.8. The van der Waals surface area contributed by atoms with E-state index in [1.165, 1.54) is 12.1 Å². The van der Waals surface area contributed by atoms with Gasteiger partial charge in [-0.25, -0.2) is 4.39 Å². The Kier molecular flexibility index (Phi) is 5.92. The zero-order valence-electron chi connectivity index (χ0n) is 10.7. The third-order valence-electron chi connectivity index (χ3n) is 2.54. The van der Waals surface area contributed by atoms with Crippen LogP contribution in [0.3, 0.4) is 0 Å². The highest BCUT2D eigenvalue weighted by atomic mass is 32.2.